The standard InChI is InChI=1S/C20H26N2OS/c1-4-13-12-24-18-9-8-16(22(2)3)11-17(18)19(20(13)23)14-6-5-7-15(21)10-14/h5-11,13,19-20,23H,4,12,21H2,1-3H3. The van der Waals surface area contributed by atoms with E-state index >= 15 is 0 Å². The zero-order valence-corrected chi connectivity index (χ0v) is 15.4. The van der Waals surface area contributed by atoms with Crippen LogP contribution < -0.4 is 10.6 Å². The molecule has 0 aliphatic carbocycles. The third-order valence-electron chi connectivity index (χ3n) is 4.92. The molecule has 3 nitrogen and oxygen atoms in total. The molecule has 0 amide bonds. The first kappa shape index (κ1) is 17.2. The lowest BCUT2D eigenvalue weighted by atomic mass is 9.80. The summed E-state index contributed by atoms with van der Waals surface area (Å²) in [5, 5.41) is 11.2. The normalized spacial score (nSPS) is 23.4. The number of hydrogen-bond acceptors (Lipinski definition) is 4. The molecule has 1 aliphatic heterocycles. The number of nitrogen functional groups attached to an aromatic ring is 1. The molecule has 0 fully saturated rings. The van der Waals surface area contributed by atoms with Crippen molar-refractivity contribution in [2.75, 3.05) is 30.5 Å². The average molecular weight is 343 g/mol. The van der Waals surface area contributed by atoms with Gasteiger partial charge in [-0.2, -0.15) is 0 Å². The molecule has 0 saturated carbocycles. The maximum absolute atomic E-state index is 11.2. The minimum Gasteiger partial charge on any atom is -0.399 e. The second kappa shape index (κ2) is 7.08. The van der Waals surface area contributed by atoms with E-state index in [9.17, 15) is 5.11 Å². The van der Waals surface area contributed by atoms with Crippen LogP contribution in [-0.2, 0) is 0 Å². The molecule has 3 unspecified atom stereocenters. The van der Waals surface area contributed by atoms with Gasteiger partial charge in [-0.1, -0.05) is 25.5 Å². The summed E-state index contributed by atoms with van der Waals surface area (Å²) in [7, 11) is 4.10. The molecule has 3 N–H and O–H groups in total. The first-order valence-electron chi connectivity index (χ1n) is 8.48. The van der Waals surface area contributed by atoms with Crippen LogP contribution in [0.4, 0.5) is 11.4 Å². The fraction of sp³-hybridized carbons (Fsp3) is 0.400. The van der Waals surface area contributed by atoms with Crippen molar-refractivity contribution in [2.45, 2.75) is 30.3 Å². The van der Waals surface area contributed by atoms with E-state index < -0.39 is 6.10 Å². The van der Waals surface area contributed by atoms with Crippen molar-refractivity contribution in [1.29, 1.82) is 0 Å². The highest BCUT2D eigenvalue weighted by Gasteiger charge is 2.34. The van der Waals surface area contributed by atoms with Gasteiger partial charge in [-0.3, -0.25) is 0 Å². The molecule has 128 valence electrons. The summed E-state index contributed by atoms with van der Waals surface area (Å²) in [6.45, 7) is 2.16. The number of aliphatic hydroxyl groups excluding tert-OH is 1. The van der Waals surface area contributed by atoms with Gasteiger partial charge in [-0.15, -0.1) is 11.8 Å². The molecule has 2 aromatic rings. The van der Waals surface area contributed by atoms with E-state index in [2.05, 4.69) is 36.1 Å². The summed E-state index contributed by atoms with van der Waals surface area (Å²) in [6.07, 6.45) is 0.574. The predicted molar refractivity (Wildman–Crippen MR) is 104 cm³/mol. The van der Waals surface area contributed by atoms with Crippen LogP contribution in [0.1, 0.15) is 30.4 Å². The zero-order valence-electron chi connectivity index (χ0n) is 14.6. The van der Waals surface area contributed by atoms with Crippen molar-refractivity contribution >= 4 is 23.1 Å². The Hall–Kier alpha value is -1.65. The zero-order chi connectivity index (χ0) is 17.3. The topological polar surface area (TPSA) is 49.5 Å². The number of rotatable bonds is 3. The number of hydrogen-bond donors (Lipinski definition) is 2. The molecule has 2 aromatic carbocycles. The van der Waals surface area contributed by atoms with Crippen LogP contribution in [0, 0.1) is 5.92 Å². The Balaban J connectivity index is 2.16. The highest BCUT2D eigenvalue weighted by Crippen LogP contribution is 2.44. The number of nitrogens with two attached hydrogens (primary N) is 1. The van der Waals surface area contributed by atoms with Crippen LogP contribution in [0.15, 0.2) is 47.4 Å². The van der Waals surface area contributed by atoms with Crippen LogP contribution in [0.5, 0.6) is 0 Å². The SMILES string of the molecule is CCC1CSc2ccc(N(C)C)cc2C(c2cccc(N)c2)C1O. The van der Waals surface area contributed by atoms with E-state index in [0.29, 0.717) is 0 Å². The molecule has 1 heterocycles. The molecule has 0 saturated heterocycles. The lowest BCUT2D eigenvalue weighted by molar-refractivity contribution is 0.101. The highest BCUT2D eigenvalue weighted by molar-refractivity contribution is 7.99. The second-order valence-electron chi connectivity index (χ2n) is 6.73. The van der Waals surface area contributed by atoms with Gasteiger partial charge in [0, 0.05) is 42.0 Å². The molecule has 0 bridgehead atoms. The molecule has 0 radical (unpaired) electrons. The lowest BCUT2D eigenvalue weighted by Crippen LogP contribution is -2.28. The Labute approximate surface area is 148 Å². The molecular formula is C20H26N2OS. The largest absolute Gasteiger partial charge is 0.399 e. The molecule has 3 rings (SSSR count). The third-order valence-corrected chi connectivity index (χ3v) is 6.19. The van der Waals surface area contributed by atoms with Crippen molar-refractivity contribution in [3.63, 3.8) is 0 Å². The lowest BCUT2D eigenvalue weighted by Gasteiger charge is -2.28. The first-order chi connectivity index (χ1) is 11.5. The van der Waals surface area contributed by atoms with Gasteiger partial charge in [-0.25, -0.2) is 0 Å². The summed E-state index contributed by atoms with van der Waals surface area (Å²) in [5.41, 5.74) is 10.2. The highest BCUT2D eigenvalue weighted by atomic mass is 32.2. The maximum atomic E-state index is 11.2. The van der Waals surface area contributed by atoms with E-state index in [1.165, 1.54) is 10.5 Å². The Morgan fingerprint density at radius 3 is 2.67 bits per heavy atom. The predicted octanol–water partition coefficient (Wildman–Crippen LogP) is 3.96. The Morgan fingerprint density at radius 2 is 2.00 bits per heavy atom. The van der Waals surface area contributed by atoms with Gasteiger partial charge in [0.25, 0.3) is 0 Å². The van der Waals surface area contributed by atoms with Crippen LogP contribution in [-0.4, -0.2) is 31.1 Å². The number of thioether (sulfide) groups is 1. The quantitative estimate of drug-likeness (QED) is 0.829. The van der Waals surface area contributed by atoms with Gasteiger partial charge in [-0.05, 0) is 47.4 Å². The van der Waals surface area contributed by atoms with Gasteiger partial charge in [0.1, 0.15) is 0 Å². The smallest absolute Gasteiger partial charge is 0.0685 e. The second-order valence-corrected chi connectivity index (χ2v) is 7.80. The molecule has 1 aliphatic rings. The minimum atomic E-state index is -0.400. The van der Waals surface area contributed by atoms with E-state index in [0.717, 1.165) is 29.1 Å². The number of anilines is 2. The number of benzene rings is 2. The van der Waals surface area contributed by atoms with E-state index in [1.54, 1.807) is 0 Å². The van der Waals surface area contributed by atoms with Gasteiger partial charge >= 0.3 is 0 Å². The van der Waals surface area contributed by atoms with Gasteiger partial charge in [0.2, 0.25) is 0 Å². The number of aliphatic hydroxyl groups is 1. The Kier molecular flexibility index (Phi) is 5.07. The third kappa shape index (κ3) is 3.26. The number of fused-ring (bicyclic) bond motifs is 1. The summed E-state index contributed by atoms with van der Waals surface area (Å²) >= 11 is 1.86. The van der Waals surface area contributed by atoms with Gasteiger partial charge in [0.15, 0.2) is 0 Å². The monoisotopic (exact) mass is 342 g/mol. The molecule has 0 spiro atoms. The Morgan fingerprint density at radius 1 is 1.21 bits per heavy atom. The molecule has 24 heavy (non-hydrogen) atoms. The minimum absolute atomic E-state index is 0.0386. The molecule has 0 aromatic heterocycles. The first-order valence-corrected chi connectivity index (χ1v) is 9.47. The summed E-state index contributed by atoms with van der Waals surface area (Å²) in [6, 6.07) is 14.5. The van der Waals surface area contributed by atoms with E-state index in [4.69, 9.17) is 5.73 Å². The fourth-order valence-electron chi connectivity index (χ4n) is 3.43. The summed E-state index contributed by atoms with van der Waals surface area (Å²) in [5.74, 6) is 1.19. The van der Waals surface area contributed by atoms with Crippen LogP contribution in [0.2, 0.25) is 0 Å². The summed E-state index contributed by atoms with van der Waals surface area (Å²) in [4.78, 5) is 3.37. The van der Waals surface area contributed by atoms with Crippen molar-refractivity contribution in [3.05, 3.63) is 53.6 Å². The van der Waals surface area contributed by atoms with Crippen molar-refractivity contribution in [3.8, 4) is 0 Å². The number of nitrogens with zero attached hydrogens (tertiary/aromatic N) is 1. The molecule has 4 heteroatoms. The van der Waals surface area contributed by atoms with Gasteiger partial charge < -0.3 is 15.7 Å². The fourth-order valence-corrected chi connectivity index (χ4v) is 4.77. The Bertz CT molecular complexity index is 717. The maximum Gasteiger partial charge on any atom is 0.0685 e. The van der Waals surface area contributed by atoms with E-state index in [-0.39, 0.29) is 11.8 Å². The van der Waals surface area contributed by atoms with Crippen molar-refractivity contribution in [2.24, 2.45) is 5.92 Å². The average Bonchev–Trinajstić information content (AvgIpc) is 2.70. The van der Waals surface area contributed by atoms with Crippen molar-refractivity contribution < 1.29 is 5.11 Å². The molecular weight excluding hydrogens is 316 g/mol. The summed E-state index contributed by atoms with van der Waals surface area (Å²) < 4.78 is 0. The molecule has 3 atom stereocenters. The van der Waals surface area contributed by atoms with Crippen LogP contribution >= 0.6 is 11.8 Å². The van der Waals surface area contributed by atoms with Crippen LogP contribution in [0.25, 0.3) is 0 Å². The van der Waals surface area contributed by atoms with E-state index in [1.807, 2.05) is 44.1 Å². The van der Waals surface area contributed by atoms with Crippen molar-refractivity contribution in [1.82, 2.24) is 0 Å². The van der Waals surface area contributed by atoms with Crippen LogP contribution in [0.3, 0.4) is 0 Å². The van der Waals surface area contributed by atoms with Gasteiger partial charge in [0.05, 0.1) is 6.10 Å².